The first-order valence-electron chi connectivity index (χ1n) is 18.5. The summed E-state index contributed by atoms with van der Waals surface area (Å²) in [5.41, 5.74) is -3.23. The smallest absolute Gasteiger partial charge is 0.408 e. The monoisotopic (exact) mass is 773 g/mol. The lowest BCUT2D eigenvalue weighted by Crippen LogP contribution is -2.59. The minimum Gasteiger partial charge on any atom is -0.497 e. The Balaban J connectivity index is 1.28. The Bertz CT molecular complexity index is 1870. The van der Waals surface area contributed by atoms with E-state index < -0.39 is 69.0 Å². The number of benzene rings is 1. The number of amides is 4. The minimum absolute atomic E-state index is 0.0208. The third kappa shape index (κ3) is 9.00. The molecule has 2 aromatic rings. The van der Waals surface area contributed by atoms with E-state index in [0.717, 1.165) is 5.39 Å². The Morgan fingerprint density at radius 3 is 2.46 bits per heavy atom. The minimum atomic E-state index is -4.46. The van der Waals surface area contributed by atoms with E-state index in [9.17, 15) is 27.6 Å². The molecule has 3 N–H and O–H groups in total. The van der Waals surface area contributed by atoms with E-state index in [2.05, 4.69) is 15.6 Å². The highest BCUT2D eigenvalue weighted by Gasteiger charge is 2.62. The average Bonchev–Trinajstić information content (AvgIpc) is 3.98. The molecule has 17 heteroatoms. The molecule has 4 fully saturated rings. The topological polar surface area (TPSA) is 201 Å². The third-order valence-electron chi connectivity index (χ3n) is 10.6. The molecule has 2 saturated heterocycles. The van der Waals surface area contributed by atoms with Crippen LogP contribution in [0.15, 0.2) is 30.5 Å². The second-order valence-corrected chi connectivity index (χ2v) is 17.2. The first kappa shape index (κ1) is 39.5. The molecule has 5 atom stereocenters. The van der Waals surface area contributed by atoms with Gasteiger partial charge in [-0.25, -0.2) is 18.7 Å². The summed E-state index contributed by atoms with van der Waals surface area (Å²) >= 11 is 0. The summed E-state index contributed by atoms with van der Waals surface area (Å²) in [6.45, 7) is 9.36. The molecule has 2 aliphatic carbocycles. The van der Waals surface area contributed by atoms with Crippen LogP contribution in [0.5, 0.6) is 11.6 Å². The Labute approximate surface area is 315 Å². The molecule has 2 saturated carbocycles. The molecule has 16 nitrogen and oxygen atoms in total. The molecule has 4 amide bonds. The molecule has 0 spiro atoms. The second-order valence-electron chi connectivity index (χ2n) is 15.9. The maximum Gasteiger partial charge on any atom is 0.408 e. The van der Waals surface area contributed by atoms with Gasteiger partial charge in [-0.15, -0.1) is 0 Å². The van der Waals surface area contributed by atoms with E-state index in [1.165, 1.54) is 4.90 Å². The number of hydrogen-bond donors (Lipinski definition) is 3. The number of alkyl carbamates (subject to hydrolysis) is 1. The van der Waals surface area contributed by atoms with Crippen molar-refractivity contribution in [2.45, 2.75) is 114 Å². The molecule has 2 aliphatic heterocycles. The molecular weight excluding hydrogens is 722 g/mol. The molecule has 0 bridgehead atoms. The number of carbonyl (C=O) groups excluding carboxylic acids is 4. The van der Waals surface area contributed by atoms with Crippen molar-refractivity contribution < 1.29 is 50.7 Å². The maximum absolute atomic E-state index is 14.7. The summed E-state index contributed by atoms with van der Waals surface area (Å²) in [5, 5.41) is 7.11. The molecule has 3 heterocycles. The number of fused-ring (bicyclic) bond motifs is 1. The van der Waals surface area contributed by atoms with Crippen molar-refractivity contribution in [3.8, 4) is 11.6 Å². The van der Waals surface area contributed by atoms with Gasteiger partial charge in [0.15, 0.2) is 0 Å². The Hall–Kier alpha value is -4.22. The number of carbonyl (C=O) groups is 4. The van der Waals surface area contributed by atoms with Gasteiger partial charge in [0.2, 0.25) is 17.7 Å². The maximum atomic E-state index is 14.7. The third-order valence-corrected chi connectivity index (χ3v) is 11.6. The Morgan fingerprint density at radius 1 is 1.11 bits per heavy atom. The SMILES string of the molecule is CC[C@@H]1C[C@]1(NC(=O)[C@@H]1C[C@@H](Oc2nccc3cc(OC)ccc23)CN1C(=O)[C@@H](NC(=O)OC(C)(C)C)C1CCOCC1)C(=O)NS(=O)(=O)OC1(C)CC1. The fourth-order valence-corrected chi connectivity index (χ4v) is 8.44. The Morgan fingerprint density at radius 2 is 1.83 bits per heavy atom. The number of hydrogen-bond acceptors (Lipinski definition) is 12. The number of ether oxygens (including phenoxy) is 4. The van der Waals surface area contributed by atoms with Crippen LogP contribution >= 0.6 is 0 Å². The molecular formula is C37H51N5O11S. The van der Waals surface area contributed by atoms with Crippen LogP contribution in [0, 0.1) is 11.8 Å². The summed E-state index contributed by atoms with van der Waals surface area (Å²) in [4.78, 5) is 61.6. The zero-order chi connectivity index (χ0) is 39.1. The molecule has 296 valence electrons. The van der Waals surface area contributed by atoms with Crippen LogP contribution in [-0.2, 0) is 38.3 Å². The molecule has 54 heavy (non-hydrogen) atoms. The molecule has 6 rings (SSSR count). The van der Waals surface area contributed by atoms with Crippen LogP contribution in [0.25, 0.3) is 10.8 Å². The number of methoxy groups -OCH3 is 1. The van der Waals surface area contributed by atoms with Gasteiger partial charge in [0.25, 0.3) is 5.91 Å². The van der Waals surface area contributed by atoms with Gasteiger partial charge in [-0.1, -0.05) is 13.3 Å². The van der Waals surface area contributed by atoms with Crippen LogP contribution in [0.3, 0.4) is 0 Å². The predicted molar refractivity (Wildman–Crippen MR) is 195 cm³/mol. The first-order chi connectivity index (χ1) is 25.4. The largest absolute Gasteiger partial charge is 0.497 e. The van der Waals surface area contributed by atoms with Gasteiger partial charge < -0.3 is 34.5 Å². The molecule has 1 aromatic carbocycles. The highest BCUT2D eigenvalue weighted by atomic mass is 32.2. The molecule has 1 aromatic heterocycles. The summed E-state index contributed by atoms with van der Waals surface area (Å²) in [5.74, 6) is -1.82. The van der Waals surface area contributed by atoms with E-state index in [4.69, 9.17) is 23.1 Å². The summed E-state index contributed by atoms with van der Waals surface area (Å²) in [6.07, 6.45) is 2.83. The number of aromatic nitrogens is 1. The normalized spacial score (nSPS) is 25.7. The highest BCUT2D eigenvalue weighted by molar-refractivity contribution is 7.85. The van der Waals surface area contributed by atoms with Crippen molar-refractivity contribution in [2.75, 3.05) is 26.9 Å². The van der Waals surface area contributed by atoms with Crippen LogP contribution in [0.4, 0.5) is 4.79 Å². The molecule has 0 unspecified atom stereocenters. The number of nitrogens with zero attached hydrogens (tertiary/aromatic N) is 2. The van der Waals surface area contributed by atoms with Gasteiger partial charge in [-0.3, -0.25) is 14.4 Å². The van der Waals surface area contributed by atoms with E-state index >= 15 is 0 Å². The average molecular weight is 774 g/mol. The van der Waals surface area contributed by atoms with Crippen LogP contribution in [-0.4, -0.2) is 104 Å². The van der Waals surface area contributed by atoms with E-state index in [1.54, 1.807) is 47.1 Å². The number of likely N-dealkylation sites (tertiary alicyclic amines) is 1. The van der Waals surface area contributed by atoms with Crippen LogP contribution in [0.1, 0.15) is 79.6 Å². The van der Waals surface area contributed by atoms with Gasteiger partial charge in [0, 0.05) is 31.2 Å². The van der Waals surface area contributed by atoms with Crippen molar-refractivity contribution in [1.29, 1.82) is 0 Å². The zero-order valence-electron chi connectivity index (χ0n) is 31.6. The lowest BCUT2D eigenvalue weighted by Gasteiger charge is -2.35. The summed E-state index contributed by atoms with van der Waals surface area (Å²) < 4.78 is 55.7. The summed E-state index contributed by atoms with van der Waals surface area (Å²) in [6, 6.07) is 5.03. The van der Waals surface area contributed by atoms with Crippen molar-refractivity contribution in [1.82, 2.24) is 25.2 Å². The van der Waals surface area contributed by atoms with Gasteiger partial charge >= 0.3 is 16.4 Å². The van der Waals surface area contributed by atoms with Crippen molar-refractivity contribution >= 4 is 44.9 Å². The fourth-order valence-electron chi connectivity index (χ4n) is 7.29. The first-order valence-corrected chi connectivity index (χ1v) is 19.9. The Kier molecular flexibility index (Phi) is 11.1. The van der Waals surface area contributed by atoms with Crippen molar-refractivity contribution in [3.63, 3.8) is 0 Å². The van der Waals surface area contributed by atoms with E-state index in [1.807, 2.05) is 29.8 Å². The predicted octanol–water partition coefficient (Wildman–Crippen LogP) is 3.13. The molecule has 0 radical (unpaired) electrons. The van der Waals surface area contributed by atoms with E-state index in [0.29, 0.717) is 62.3 Å². The van der Waals surface area contributed by atoms with Gasteiger partial charge in [0.1, 0.15) is 35.1 Å². The lowest BCUT2D eigenvalue weighted by molar-refractivity contribution is -0.142. The lowest BCUT2D eigenvalue weighted by atomic mass is 9.90. The standard InChI is InChI=1S/C37H51N5O11S/c1-7-24-20-37(24,33(45)41-54(47,48)53-36(5)13-14-36)40-30(43)28-19-26(51-31-27-9-8-25(49-6)18-23(27)10-15-38-31)21-42(28)32(44)29(22-11-16-50-17-12-22)39-34(46)52-35(2,3)4/h8-10,15,18,22,24,26,28-29H,7,11-14,16-17,19-21H2,1-6H3,(H,39,46)(H,40,43)(H,41,45)/t24-,26-,28+,29+,37-/m1/s1. The van der Waals surface area contributed by atoms with Crippen LogP contribution in [0.2, 0.25) is 0 Å². The molecule has 4 aliphatic rings. The zero-order valence-corrected chi connectivity index (χ0v) is 32.5. The number of nitrogens with one attached hydrogen (secondary N) is 3. The van der Waals surface area contributed by atoms with Gasteiger partial charge in [-0.2, -0.15) is 8.42 Å². The number of pyridine rings is 1. The van der Waals surface area contributed by atoms with Crippen molar-refractivity contribution in [3.05, 3.63) is 30.5 Å². The van der Waals surface area contributed by atoms with Gasteiger partial charge in [-0.05, 0) is 101 Å². The highest BCUT2D eigenvalue weighted by Crippen LogP contribution is 2.47. The fraction of sp³-hybridized carbons (Fsp3) is 0.649. The van der Waals surface area contributed by atoms with E-state index in [-0.39, 0.29) is 31.2 Å². The quantitative estimate of drug-likeness (QED) is 0.269. The van der Waals surface area contributed by atoms with Gasteiger partial charge in [0.05, 0.1) is 19.3 Å². The summed E-state index contributed by atoms with van der Waals surface area (Å²) in [7, 11) is -2.89. The second kappa shape index (κ2) is 15.1. The van der Waals surface area contributed by atoms with Crippen LogP contribution < -0.4 is 24.8 Å². The number of rotatable bonds is 13. The van der Waals surface area contributed by atoms with Crippen molar-refractivity contribution in [2.24, 2.45) is 11.8 Å².